The number of rotatable bonds is 8. The second-order valence-electron chi connectivity index (χ2n) is 6.07. The third kappa shape index (κ3) is 5.51. The van der Waals surface area contributed by atoms with Crippen LogP contribution in [0.4, 0.5) is 5.69 Å². The van der Waals surface area contributed by atoms with Gasteiger partial charge in [0.25, 0.3) is 0 Å². The summed E-state index contributed by atoms with van der Waals surface area (Å²) < 4.78 is 30.5. The molecule has 2 rings (SSSR count). The Morgan fingerprint density at radius 1 is 1.35 bits per heavy atom. The van der Waals surface area contributed by atoms with E-state index in [0.29, 0.717) is 11.4 Å². The lowest BCUT2D eigenvalue weighted by Gasteiger charge is -2.19. The molecule has 0 aliphatic heterocycles. The number of para-hydroxylation sites is 2. The minimum Gasteiger partial charge on any atom is -0.489 e. The number of nitrogens with zero attached hydrogens (tertiary/aromatic N) is 1. The minimum atomic E-state index is -3.27. The van der Waals surface area contributed by atoms with Crippen molar-refractivity contribution in [2.45, 2.75) is 45.3 Å². The van der Waals surface area contributed by atoms with Crippen LogP contribution in [-0.2, 0) is 14.8 Å². The van der Waals surface area contributed by atoms with Crippen molar-refractivity contribution in [2.75, 3.05) is 18.1 Å². The molecule has 7 heteroatoms. The molecule has 1 saturated carbocycles. The van der Waals surface area contributed by atoms with E-state index in [1.165, 1.54) is 10.6 Å². The maximum absolute atomic E-state index is 12.1. The molecular formula is C16H24N2O4S. The lowest BCUT2D eigenvalue weighted by Crippen LogP contribution is -2.34. The number of amides is 1. The van der Waals surface area contributed by atoms with Crippen LogP contribution in [-0.4, -0.2) is 43.6 Å². The fraction of sp³-hybridized carbons (Fsp3) is 0.562. The van der Waals surface area contributed by atoms with Gasteiger partial charge in [0.1, 0.15) is 5.75 Å². The first-order valence-electron chi connectivity index (χ1n) is 7.79. The number of anilines is 1. The standard InChI is InChI=1S/C16H24N2O4S/c1-12(2)22-15-7-5-4-6-14(15)17-16(19)10-11-18(13-8-9-13)23(3,20)21/h4-7,12-13H,8-11H2,1-3H3,(H,17,19). The third-order valence-corrected chi connectivity index (χ3v) is 4.80. The Bertz CT molecular complexity index is 654. The zero-order chi connectivity index (χ0) is 17.0. The normalized spacial score (nSPS) is 15.0. The van der Waals surface area contributed by atoms with Gasteiger partial charge in [0.05, 0.1) is 18.0 Å². The Kier molecular flexibility index (Phi) is 5.64. The van der Waals surface area contributed by atoms with Crippen LogP contribution in [0.15, 0.2) is 24.3 Å². The summed E-state index contributed by atoms with van der Waals surface area (Å²) in [6.45, 7) is 4.04. The number of hydrogen-bond acceptors (Lipinski definition) is 4. The summed E-state index contributed by atoms with van der Waals surface area (Å²) in [6, 6.07) is 7.28. The number of carbonyl (C=O) groups excluding carboxylic acids is 1. The molecule has 0 spiro atoms. The van der Waals surface area contributed by atoms with E-state index in [2.05, 4.69) is 5.32 Å². The van der Waals surface area contributed by atoms with Gasteiger partial charge in [-0.25, -0.2) is 8.42 Å². The first-order valence-corrected chi connectivity index (χ1v) is 9.64. The van der Waals surface area contributed by atoms with Gasteiger partial charge < -0.3 is 10.1 Å². The van der Waals surface area contributed by atoms with E-state index < -0.39 is 10.0 Å². The minimum absolute atomic E-state index is 0.00337. The summed E-state index contributed by atoms with van der Waals surface area (Å²) >= 11 is 0. The van der Waals surface area contributed by atoms with Gasteiger partial charge in [-0.15, -0.1) is 0 Å². The third-order valence-electron chi connectivity index (χ3n) is 3.46. The number of ether oxygens (including phenoxy) is 1. The van der Waals surface area contributed by atoms with E-state index in [1.807, 2.05) is 26.0 Å². The highest BCUT2D eigenvalue weighted by Crippen LogP contribution is 2.29. The van der Waals surface area contributed by atoms with Gasteiger partial charge in [0.2, 0.25) is 15.9 Å². The molecule has 0 aromatic heterocycles. The van der Waals surface area contributed by atoms with E-state index in [-0.39, 0.29) is 31.0 Å². The van der Waals surface area contributed by atoms with Gasteiger partial charge in [0, 0.05) is 19.0 Å². The molecular weight excluding hydrogens is 316 g/mol. The molecule has 0 bridgehead atoms. The molecule has 1 aromatic rings. The smallest absolute Gasteiger partial charge is 0.225 e. The fourth-order valence-electron chi connectivity index (χ4n) is 2.33. The van der Waals surface area contributed by atoms with Crippen molar-refractivity contribution >= 4 is 21.6 Å². The highest BCUT2D eigenvalue weighted by molar-refractivity contribution is 7.88. The van der Waals surface area contributed by atoms with Gasteiger partial charge in [-0.1, -0.05) is 12.1 Å². The van der Waals surface area contributed by atoms with E-state index in [4.69, 9.17) is 4.74 Å². The predicted octanol–water partition coefficient (Wildman–Crippen LogP) is 2.23. The molecule has 1 aromatic carbocycles. The van der Waals surface area contributed by atoms with Crippen molar-refractivity contribution in [3.63, 3.8) is 0 Å². The molecule has 1 fully saturated rings. The maximum Gasteiger partial charge on any atom is 0.225 e. The van der Waals surface area contributed by atoms with E-state index in [0.717, 1.165) is 12.8 Å². The Morgan fingerprint density at radius 3 is 2.57 bits per heavy atom. The summed E-state index contributed by atoms with van der Waals surface area (Å²) in [5.41, 5.74) is 0.600. The fourth-order valence-corrected chi connectivity index (χ4v) is 3.51. The summed E-state index contributed by atoms with van der Waals surface area (Å²) in [6.07, 6.45) is 3.07. The molecule has 0 unspecified atom stereocenters. The molecule has 6 nitrogen and oxygen atoms in total. The lowest BCUT2D eigenvalue weighted by molar-refractivity contribution is -0.116. The van der Waals surface area contributed by atoms with Crippen LogP contribution in [0.5, 0.6) is 5.75 Å². The van der Waals surface area contributed by atoms with Crippen LogP contribution in [0.2, 0.25) is 0 Å². The predicted molar refractivity (Wildman–Crippen MR) is 90.0 cm³/mol. The first-order chi connectivity index (χ1) is 10.8. The second-order valence-corrected chi connectivity index (χ2v) is 8.00. The van der Waals surface area contributed by atoms with Gasteiger partial charge in [-0.2, -0.15) is 4.31 Å². The van der Waals surface area contributed by atoms with Crippen LogP contribution in [0.1, 0.15) is 33.1 Å². The number of sulfonamides is 1. The SMILES string of the molecule is CC(C)Oc1ccccc1NC(=O)CCN(C1CC1)S(C)(=O)=O. The van der Waals surface area contributed by atoms with Gasteiger partial charge in [-0.05, 0) is 38.8 Å². The molecule has 0 heterocycles. The summed E-state index contributed by atoms with van der Waals surface area (Å²) in [7, 11) is -3.27. The number of benzene rings is 1. The zero-order valence-electron chi connectivity index (χ0n) is 13.8. The van der Waals surface area contributed by atoms with E-state index >= 15 is 0 Å². The molecule has 0 saturated heterocycles. The summed E-state index contributed by atoms with van der Waals surface area (Å²) in [4.78, 5) is 12.1. The molecule has 23 heavy (non-hydrogen) atoms. The van der Waals surface area contributed by atoms with Crippen LogP contribution in [0, 0.1) is 0 Å². The van der Waals surface area contributed by atoms with Crippen LogP contribution in [0.3, 0.4) is 0 Å². The molecule has 1 aliphatic carbocycles. The van der Waals surface area contributed by atoms with Crippen molar-refractivity contribution in [3.8, 4) is 5.75 Å². The number of hydrogen-bond donors (Lipinski definition) is 1. The van der Waals surface area contributed by atoms with E-state index in [9.17, 15) is 13.2 Å². The van der Waals surface area contributed by atoms with Crippen molar-refractivity contribution < 1.29 is 17.9 Å². The first kappa shape index (κ1) is 17.7. The maximum atomic E-state index is 12.1. The van der Waals surface area contributed by atoms with Crippen LogP contribution < -0.4 is 10.1 Å². The molecule has 1 N–H and O–H groups in total. The molecule has 1 amide bonds. The van der Waals surface area contributed by atoms with Crippen molar-refractivity contribution in [1.29, 1.82) is 0 Å². The lowest BCUT2D eigenvalue weighted by atomic mass is 10.2. The van der Waals surface area contributed by atoms with Crippen LogP contribution in [0.25, 0.3) is 0 Å². The Balaban J connectivity index is 1.95. The highest BCUT2D eigenvalue weighted by Gasteiger charge is 2.34. The topological polar surface area (TPSA) is 75.7 Å². The average molecular weight is 340 g/mol. The number of carbonyl (C=O) groups is 1. The van der Waals surface area contributed by atoms with Crippen LogP contribution >= 0.6 is 0 Å². The molecule has 0 radical (unpaired) electrons. The quantitative estimate of drug-likeness (QED) is 0.787. The average Bonchev–Trinajstić information content (AvgIpc) is 3.23. The highest BCUT2D eigenvalue weighted by atomic mass is 32.2. The van der Waals surface area contributed by atoms with Crippen molar-refractivity contribution in [1.82, 2.24) is 4.31 Å². The molecule has 0 atom stereocenters. The molecule has 128 valence electrons. The monoisotopic (exact) mass is 340 g/mol. The van der Waals surface area contributed by atoms with Gasteiger partial charge in [-0.3, -0.25) is 4.79 Å². The zero-order valence-corrected chi connectivity index (χ0v) is 14.6. The van der Waals surface area contributed by atoms with Gasteiger partial charge >= 0.3 is 0 Å². The van der Waals surface area contributed by atoms with Crippen molar-refractivity contribution in [3.05, 3.63) is 24.3 Å². The Labute approximate surface area is 137 Å². The van der Waals surface area contributed by atoms with E-state index in [1.54, 1.807) is 12.1 Å². The summed E-state index contributed by atoms with van der Waals surface area (Å²) in [5, 5.41) is 2.80. The van der Waals surface area contributed by atoms with Crippen molar-refractivity contribution in [2.24, 2.45) is 0 Å². The Morgan fingerprint density at radius 2 is 2.00 bits per heavy atom. The second kappa shape index (κ2) is 7.31. The largest absolute Gasteiger partial charge is 0.489 e. The van der Waals surface area contributed by atoms with Gasteiger partial charge in [0.15, 0.2) is 0 Å². The summed E-state index contributed by atoms with van der Waals surface area (Å²) in [5.74, 6) is 0.386. The Hall–Kier alpha value is -1.60. The molecule has 1 aliphatic rings. The number of nitrogens with one attached hydrogen (secondary N) is 1.